The number of aromatic nitrogens is 1. The summed E-state index contributed by atoms with van der Waals surface area (Å²) in [5.74, 6) is -0.157. The Bertz CT molecular complexity index is 500. The molecule has 2 rings (SSSR count). The molecule has 0 unspecified atom stereocenters. The number of carbonyl (C=O) groups excluding carboxylic acids is 1. The van der Waals surface area contributed by atoms with Crippen molar-refractivity contribution in [2.75, 3.05) is 6.61 Å². The van der Waals surface area contributed by atoms with E-state index in [1.54, 1.807) is 26.8 Å². The van der Waals surface area contributed by atoms with E-state index in [2.05, 4.69) is 4.98 Å². The van der Waals surface area contributed by atoms with Crippen molar-refractivity contribution >= 4 is 5.91 Å². The molecule has 0 radical (unpaired) electrons. The second kappa shape index (κ2) is 5.44. The first-order valence-electron chi connectivity index (χ1n) is 6.51. The van der Waals surface area contributed by atoms with E-state index in [1.165, 1.54) is 17.3 Å². The van der Waals surface area contributed by atoms with Crippen LogP contribution in [0.1, 0.15) is 50.9 Å². The van der Waals surface area contributed by atoms with Crippen LogP contribution in [0.25, 0.3) is 0 Å². The van der Waals surface area contributed by atoms with Gasteiger partial charge in [-0.15, -0.1) is 0 Å². The van der Waals surface area contributed by atoms with Crippen molar-refractivity contribution in [2.24, 2.45) is 5.41 Å². The van der Waals surface area contributed by atoms with Gasteiger partial charge in [0.2, 0.25) is 0 Å². The number of amides is 1. The zero-order chi connectivity index (χ0) is 14.9. The summed E-state index contributed by atoms with van der Waals surface area (Å²) in [5, 5.41) is 1.31. The maximum absolute atomic E-state index is 12.7. The normalized spacial score (nSPS) is 19.7. The zero-order valence-electron chi connectivity index (χ0n) is 11.8. The quantitative estimate of drug-likeness (QED) is 0.837. The second-order valence-corrected chi connectivity index (χ2v) is 5.83. The summed E-state index contributed by atoms with van der Waals surface area (Å²) in [4.78, 5) is 21.3. The fourth-order valence-corrected chi connectivity index (χ4v) is 2.09. The molecule has 1 saturated heterocycles. The molecule has 1 aliphatic heterocycles. The Labute approximate surface area is 116 Å². The summed E-state index contributed by atoms with van der Waals surface area (Å²) < 4.78 is 25.4. The van der Waals surface area contributed by atoms with Crippen LogP contribution in [0.5, 0.6) is 0 Å². The monoisotopic (exact) mass is 284 g/mol. The van der Waals surface area contributed by atoms with E-state index < -0.39 is 11.8 Å². The average molecular weight is 284 g/mol. The predicted molar refractivity (Wildman–Crippen MR) is 68.8 cm³/mol. The highest BCUT2D eigenvalue weighted by Crippen LogP contribution is 2.34. The summed E-state index contributed by atoms with van der Waals surface area (Å²) in [7, 11) is 0. The number of rotatable bonds is 2. The lowest BCUT2D eigenvalue weighted by atomic mass is 9.94. The van der Waals surface area contributed by atoms with Gasteiger partial charge in [-0.05, 0) is 17.7 Å². The van der Waals surface area contributed by atoms with Crippen molar-refractivity contribution in [1.82, 2.24) is 10.0 Å². The highest BCUT2D eigenvalue weighted by molar-refractivity contribution is 5.81. The van der Waals surface area contributed by atoms with Crippen LogP contribution in [0.3, 0.4) is 0 Å². The Morgan fingerprint density at radius 3 is 2.80 bits per heavy atom. The number of hydrogen-bond donors (Lipinski definition) is 0. The fraction of sp³-hybridized carbons (Fsp3) is 0.571. The Balaban J connectivity index is 2.27. The van der Waals surface area contributed by atoms with Crippen molar-refractivity contribution in [3.05, 3.63) is 29.6 Å². The van der Waals surface area contributed by atoms with Crippen LogP contribution in [0.4, 0.5) is 8.78 Å². The number of carbonyl (C=O) groups is 1. The molecule has 0 aliphatic carbocycles. The van der Waals surface area contributed by atoms with Crippen molar-refractivity contribution in [3.63, 3.8) is 0 Å². The molecule has 20 heavy (non-hydrogen) atoms. The molecular formula is C14H18F2N2O2. The maximum Gasteiger partial charge on any atom is 0.280 e. The van der Waals surface area contributed by atoms with Crippen LogP contribution in [-0.4, -0.2) is 22.6 Å². The number of nitrogens with zero attached hydrogens (tertiary/aromatic N) is 2. The fourth-order valence-electron chi connectivity index (χ4n) is 2.09. The third kappa shape index (κ3) is 2.95. The summed E-state index contributed by atoms with van der Waals surface area (Å²) in [6.45, 7) is 5.79. The molecule has 110 valence electrons. The van der Waals surface area contributed by atoms with E-state index in [1.807, 2.05) is 0 Å². The van der Waals surface area contributed by atoms with Gasteiger partial charge in [0.05, 0.1) is 12.6 Å². The first-order chi connectivity index (χ1) is 9.30. The van der Waals surface area contributed by atoms with Gasteiger partial charge in [0, 0.05) is 18.0 Å². The third-order valence-corrected chi connectivity index (χ3v) is 3.16. The second-order valence-electron chi connectivity index (χ2n) is 5.83. The van der Waals surface area contributed by atoms with Gasteiger partial charge >= 0.3 is 0 Å². The number of alkyl halides is 2. The van der Waals surface area contributed by atoms with Crippen LogP contribution >= 0.6 is 0 Å². The Morgan fingerprint density at radius 2 is 2.20 bits per heavy atom. The molecule has 1 atom stereocenters. The third-order valence-electron chi connectivity index (χ3n) is 3.16. The Kier molecular flexibility index (Phi) is 4.04. The van der Waals surface area contributed by atoms with Crippen LogP contribution in [0.15, 0.2) is 18.3 Å². The predicted octanol–water partition coefficient (Wildman–Crippen LogP) is 3.27. The zero-order valence-corrected chi connectivity index (χ0v) is 11.8. The number of pyridine rings is 1. The topological polar surface area (TPSA) is 42.4 Å². The van der Waals surface area contributed by atoms with E-state index in [9.17, 15) is 13.6 Å². The average Bonchev–Trinajstić information content (AvgIpc) is 2.85. The first kappa shape index (κ1) is 14.8. The van der Waals surface area contributed by atoms with Crippen molar-refractivity contribution < 1.29 is 18.4 Å². The minimum Gasteiger partial charge on any atom is -0.272 e. The lowest BCUT2D eigenvalue weighted by molar-refractivity contribution is -0.186. The van der Waals surface area contributed by atoms with Crippen LogP contribution in [-0.2, 0) is 9.63 Å². The summed E-state index contributed by atoms with van der Waals surface area (Å²) in [5.41, 5.74) is -0.232. The highest BCUT2D eigenvalue weighted by Gasteiger charge is 2.37. The molecule has 1 aromatic heterocycles. The van der Waals surface area contributed by atoms with E-state index in [-0.39, 0.29) is 17.6 Å². The van der Waals surface area contributed by atoms with E-state index in [4.69, 9.17) is 4.84 Å². The van der Waals surface area contributed by atoms with Gasteiger partial charge in [-0.25, -0.2) is 13.8 Å². The Hall–Kier alpha value is -1.56. The van der Waals surface area contributed by atoms with Gasteiger partial charge in [0.25, 0.3) is 12.3 Å². The smallest absolute Gasteiger partial charge is 0.272 e. The summed E-state index contributed by atoms with van der Waals surface area (Å²) >= 11 is 0. The molecule has 1 aromatic rings. The standard InChI is InChI=1S/C14H18F2N2O2/c1-14(2,3)13(19)18-11(5-7-20-18)9-4-6-17-10(8-9)12(15)16/h4,6,8,11-12H,5,7H2,1-3H3/t11-/m0/s1. The van der Waals surface area contributed by atoms with Crippen LogP contribution in [0.2, 0.25) is 0 Å². The molecule has 1 aliphatic rings. The van der Waals surface area contributed by atoms with Crippen LogP contribution in [0, 0.1) is 5.41 Å². The molecule has 6 heteroatoms. The highest BCUT2D eigenvalue weighted by atomic mass is 19.3. The molecule has 1 amide bonds. The molecule has 0 bridgehead atoms. The van der Waals surface area contributed by atoms with Crippen molar-refractivity contribution in [1.29, 1.82) is 0 Å². The number of hydroxylamine groups is 2. The minimum absolute atomic E-state index is 0.157. The Morgan fingerprint density at radius 1 is 1.50 bits per heavy atom. The molecule has 4 nitrogen and oxygen atoms in total. The van der Waals surface area contributed by atoms with E-state index in [0.717, 1.165) is 0 Å². The molecular weight excluding hydrogens is 266 g/mol. The van der Waals surface area contributed by atoms with Crippen LogP contribution < -0.4 is 0 Å². The number of halogens is 2. The largest absolute Gasteiger partial charge is 0.280 e. The molecule has 1 fully saturated rings. The van der Waals surface area contributed by atoms with E-state index in [0.29, 0.717) is 18.6 Å². The van der Waals surface area contributed by atoms with E-state index >= 15 is 0 Å². The maximum atomic E-state index is 12.7. The van der Waals surface area contributed by atoms with Gasteiger partial charge in [-0.1, -0.05) is 20.8 Å². The minimum atomic E-state index is -2.62. The SMILES string of the molecule is CC(C)(C)C(=O)N1OCC[C@H]1c1ccnc(C(F)F)c1. The molecule has 0 saturated carbocycles. The molecule has 2 heterocycles. The van der Waals surface area contributed by atoms with Gasteiger partial charge in [0.1, 0.15) is 5.69 Å². The molecule has 0 aromatic carbocycles. The first-order valence-corrected chi connectivity index (χ1v) is 6.51. The summed E-state index contributed by atoms with van der Waals surface area (Å²) in [6.07, 6.45) is -0.687. The summed E-state index contributed by atoms with van der Waals surface area (Å²) in [6, 6.07) is 2.66. The van der Waals surface area contributed by atoms with Gasteiger partial charge in [-0.3, -0.25) is 14.6 Å². The van der Waals surface area contributed by atoms with Gasteiger partial charge < -0.3 is 0 Å². The lowest BCUT2D eigenvalue weighted by Crippen LogP contribution is -2.38. The number of hydrogen-bond acceptors (Lipinski definition) is 3. The molecule has 0 N–H and O–H groups in total. The van der Waals surface area contributed by atoms with Gasteiger partial charge in [0.15, 0.2) is 0 Å². The van der Waals surface area contributed by atoms with Gasteiger partial charge in [-0.2, -0.15) is 0 Å². The lowest BCUT2D eigenvalue weighted by Gasteiger charge is -2.29. The van der Waals surface area contributed by atoms with Crippen molar-refractivity contribution in [3.8, 4) is 0 Å². The van der Waals surface area contributed by atoms with Crippen molar-refractivity contribution in [2.45, 2.75) is 39.7 Å². The molecule has 0 spiro atoms.